The van der Waals surface area contributed by atoms with Gasteiger partial charge in [0.15, 0.2) is 0 Å². The highest BCUT2D eigenvalue weighted by Crippen LogP contribution is 2.42. The van der Waals surface area contributed by atoms with E-state index in [9.17, 15) is 14.0 Å². The molecule has 7 nitrogen and oxygen atoms in total. The molecule has 0 spiro atoms. The third-order valence-electron chi connectivity index (χ3n) is 5.03. The lowest BCUT2D eigenvalue weighted by Crippen LogP contribution is -2.62. The van der Waals surface area contributed by atoms with Crippen LogP contribution in [0.3, 0.4) is 0 Å². The quantitative estimate of drug-likeness (QED) is 0.609. The van der Waals surface area contributed by atoms with Gasteiger partial charge in [-0.15, -0.1) is 0 Å². The smallest absolute Gasteiger partial charge is 0.239 e. The van der Waals surface area contributed by atoms with Crippen molar-refractivity contribution in [3.63, 3.8) is 0 Å². The number of nitrogens with zero attached hydrogens (tertiary/aromatic N) is 1. The van der Waals surface area contributed by atoms with E-state index in [2.05, 4.69) is 18.7 Å². The minimum atomic E-state index is -4.52. The molecule has 0 saturated heterocycles. The molecule has 1 aromatic carbocycles. The van der Waals surface area contributed by atoms with Crippen molar-refractivity contribution in [2.75, 3.05) is 24.6 Å². The molecule has 1 unspecified atom stereocenters. The number of allylic oxidation sites excluding steroid dienone is 1. The molecule has 0 radical (unpaired) electrons. The molecule has 1 atom stereocenters. The molecule has 1 aliphatic carbocycles. The summed E-state index contributed by atoms with van der Waals surface area (Å²) >= 11 is 0. The number of halogens is 1. The van der Waals surface area contributed by atoms with Gasteiger partial charge in [0.05, 0.1) is 27.4 Å². The summed E-state index contributed by atoms with van der Waals surface area (Å²) in [5.41, 5.74) is 3.50. The maximum absolute atomic E-state index is 11.1. The van der Waals surface area contributed by atoms with Crippen molar-refractivity contribution in [3.05, 3.63) is 46.9 Å². The van der Waals surface area contributed by atoms with Crippen LogP contribution in [0.25, 0.3) is 0 Å². The molecule has 0 N–H and O–H groups in total. The van der Waals surface area contributed by atoms with Crippen molar-refractivity contribution in [3.8, 4) is 5.75 Å². The number of ether oxygens (including phenoxy) is 2. The predicted molar refractivity (Wildman–Crippen MR) is 95.2 cm³/mol. The Bertz CT molecular complexity index is 766. The van der Waals surface area contributed by atoms with Crippen molar-refractivity contribution in [2.24, 2.45) is 0 Å². The van der Waals surface area contributed by atoms with Crippen molar-refractivity contribution >= 4 is 5.69 Å². The third-order valence-corrected chi connectivity index (χ3v) is 5.46. The first-order valence-electron chi connectivity index (χ1n) is 9.55. The van der Waals surface area contributed by atoms with Crippen molar-refractivity contribution < 1.29 is 38.0 Å². The van der Waals surface area contributed by atoms with Gasteiger partial charge in [-0.1, -0.05) is 6.07 Å². The fourth-order valence-corrected chi connectivity index (χ4v) is 4.12. The van der Waals surface area contributed by atoms with Gasteiger partial charge in [0.1, 0.15) is 11.5 Å². The standard InChI is InChI=1S/C20H26ClNO6/c1-4-22(5-2)16-9-7-14-11-17-18(28-21(23,24)25)10-8-15(13-26-6-3)20(17)27-19(14)12-16/h7,9,12-13,18H,4-6,8,10-11H2,1-3H3. The number of hydrogen-bond acceptors (Lipinski definition) is 7. The summed E-state index contributed by atoms with van der Waals surface area (Å²) in [7, 11) is -4.52. The van der Waals surface area contributed by atoms with E-state index in [0.29, 0.717) is 37.2 Å². The first kappa shape index (κ1) is 21.0. The summed E-state index contributed by atoms with van der Waals surface area (Å²) in [5, 5.41) is 0. The molecule has 1 heterocycles. The van der Waals surface area contributed by atoms with Crippen LogP contribution in [0.4, 0.5) is 5.69 Å². The van der Waals surface area contributed by atoms with Crippen LogP contribution in [-0.4, -0.2) is 25.8 Å². The van der Waals surface area contributed by atoms with Gasteiger partial charge in [-0.25, -0.2) is 0 Å². The zero-order valence-corrected chi connectivity index (χ0v) is 17.2. The van der Waals surface area contributed by atoms with Crippen LogP contribution in [-0.2, 0) is 15.4 Å². The molecular formula is C20H26ClNO6. The molecule has 0 bridgehead atoms. The van der Waals surface area contributed by atoms with E-state index in [4.69, 9.17) is 13.8 Å². The molecular weight excluding hydrogens is 386 g/mol. The number of rotatable bonds is 7. The van der Waals surface area contributed by atoms with Gasteiger partial charge < -0.3 is 14.4 Å². The number of fused-ring (bicyclic) bond motifs is 1. The topological polar surface area (TPSA) is 100 Å². The van der Waals surface area contributed by atoms with Crippen LogP contribution in [0.5, 0.6) is 5.75 Å². The molecule has 28 heavy (non-hydrogen) atoms. The van der Waals surface area contributed by atoms with Gasteiger partial charge in [-0.2, -0.15) is 14.0 Å². The normalized spacial score (nSPS) is 20.5. The molecule has 2 aliphatic rings. The molecule has 0 saturated carbocycles. The molecule has 3 rings (SSSR count). The number of anilines is 1. The average molecular weight is 412 g/mol. The molecule has 1 aromatic rings. The second-order valence-electron chi connectivity index (χ2n) is 6.69. The Hall–Kier alpha value is -1.77. The summed E-state index contributed by atoms with van der Waals surface area (Å²) in [4.78, 5) is 2.22. The van der Waals surface area contributed by atoms with E-state index >= 15 is 0 Å². The van der Waals surface area contributed by atoms with Gasteiger partial charge in [0, 0.05) is 42.4 Å². The summed E-state index contributed by atoms with van der Waals surface area (Å²) < 4.78 is 49.9. The Balaban J connectivity index is 1.97. The Morgan fingerprint density at radius 1 is 1.21 bits per heavy atom. The molecule has 0 amide bonds. The molecule has 1 aliphatic heterocycles. The maximum atomic E-state index is 11.1. The summed E-state index contributed by atoms with van der Waals surface area (Å²) in [5.74, 6) is 1.28. The first-order valence-corrected chi connectivity index (χ1v) is 10.8. The Morgan fingerprint density at radius 3 is 2.61 bits per heavy atom. The summed E-state index contributed by atoms with van der Waals surface area (Å²) in [6, 6.07) is 6.00. The highest BCUT2D eigenvalue weighted by atomic mass is 35.7. The molecule has 8 heteroatoms. The van der Waals surface area contributed by atoms with Crippen LogP contribution >= 0.6 is 0 Å². The van der Waals surface area contributed by atoms with E-state index in [1.807, 2.05) is 25.1 Å². The van der Waals surface area contributed by atoms with E-state index < -0.39 is 16.3 Å². The van der Waals surface area contributed by atoms with Crippen LogP contribution in [0.1, 0.15) is 39.2 Å². The highest BCUT2D eigenvalue weighted by Gasteiger charge is 2.40. The fraction of sp³-hybridized carbons (Fsp3) is 0.500. The minimum absolute atomic E-state index is 0.377. The zero-order valence-electron chi connectivity index (χ0n) is 16.4. The van der Waals surface area contributed by atoms with E-state index in [0.717, 1.165) is 35.7 Å². The predicted octanol–water partition coefficient (Wildman–Crippen LogP) is 0.718. The Kier molecular flexibility index (Phi) is 6.52. The van der Waals surface area contributed by atoms with E-state index in [1.54, 1.807) is 6.26 Å². The monoisotopic (exact) mass is 411 g/mol. The molecule has 0 aromatic heterocycles. The largest absolute Gasteiger partial charge is 0.501 e. The van der Waals surface area contributed by atoms with Crippen LogP contribution in [0.15, 0.2) is 41.4 Å². The van der Waals surface area contributed by atoms with Gasteiger partial charge in [0.25, 0.3) is 0 Å². The molecule has 0 fully saturated rings. The Morgan fingerprint density at radius 2 is 1.96 bits per heavy atom. The van der Waals surface area contributed by atoms with Crippen LogP contribution in [0.2, 0.25) is 0 Å². The lowest BCUT2D eigenvalue weighted by molar-refractivity contribution is -1.92. The highest BCUT2D eigenvalue weighted by molar-refractivity contribution is 5.58. The second kappa shape index (κ2) is 8.71. The second-order valence-corrected chi connectivity index (χ2v) is 7.62. The SMILES string of the molecule is CCOC=C1CCC(O[Cl+3]([O-])([O-])[O-])C2=C1Oc1cc(N(CC)CC)ccc1C2. The third kappa shape index (κ3) is 4.61. The minimum Gasteiger partial charge on any atom is -0.501 e. The van der Waals surface area contributed by atoms with Gasteiger partial charge in [-0.3, -0.25) is 0 Å². The lowest BCUT2D eigenvalue weighted by Gasteiger charge is -2.32. The summed E-state index contributed by atoms with van der Waals surface area (Å²) in [6.07, 6.45) is 2.16. The molecule has 154 valence electrons. The number of benzene rings is 1. The van der Waals surface area contributed by atoms with Crippen LogP contribution < -0.4 is 23.6 Å². The van der Waals surface area contributed by atoms with E-state index in [-0.39, 0.29) is 0 Å². The fourth-order valence-electron chi connectivity index (χ4n) is 3.66. The van der Waals surface area contributed by atoms with Crippen molar-refractivity contribution in [1.82, 2.24) is 0 Å². The van der Waals surface area contributed by atoms with Crippen molar-refractivity contribution in [1.29, 1.82) is 0 Å². The average Bonchev–Trinajstić information content (AvgIpc) is 2.66. The maximum Gasteiger partial charge on any atom is 0.239 e. The zero-order chi connectivity index (χ0) is 20.3. The van der Waals surface area contributed by atoms with E-state index in [1.165, 1.54) is 0 Å². The van der Waals surface area contributed by atoms with Crippen molar-refractivity contribution in [2.45, 2.75) is 46.1 Å². The van der Waals surface area contributed by atoms with Gasteiger partial charge in [0.2, 0.25) is 6.10 Å². The Labute approximate surface area is 167 Å². The first-order chi connectivity index (χ1) is 13.4. The summed E-state index contributed by atoms with van der Waals surface area (Å²) in [6.45, 7) is 8.36. The van der Waals surface area contributed by atoms with Crippen LogP contribution in [0, 0.1) is 10.2 Å². The van der Waals surface area contributed by atoms with Gasteiger partial charge in [-0.05, 0) is 45.2 Å². The van der Waals surface area contributed by atoms with Gasteiger partial charge >= 0.3 is 0 Å². The number of hydrogen-bond donors (Lipinski definition) is 0. The lowest BCUT2D eigenvalue weighted by atomic mass is 9.86.